The Morgan fingerprint density at radius 2 is 2.26 bits per heavy atom. The Balaban J connectivity index is 2.44. The summed E-state index contributed by atoms with van der Waals surface area (Å²) >= 11 is 0. The van der Waals surface area contributed by atoms with Crippen LogP contribution in [-0.4, -0.2) is 51.8 Å². The largest absolute Gasteiger partial charge is 0.383 e. The smallest absolute Gasteiger partial charge is 0.239 e. The van der Waals surface area contributed by atoms with Gasteiger partial charge in [0.25, 0.3) is 0 Å². The van der Waals surface area contributed by atoms with Crippen LogP contribution in [0.15, 0.2) is 18.3 Å². The molecule has 0 spiro atoms. The van der Waals surface area contributed by atoms with Crippen LogP contribution in [0.25, 0.3) is 0 Å². The molecule has 0 aliphatic heterocycles. The summed E-state index contributed by atoms with van der Waals surface area (Å²) in [6.45, 7) is 2.57. The fraction of sp³-hybridized carbons (Fsp3) is 0.538. The van der Waals surface area contributed by atoms with Crippen molar-refractivity contribution in [2.75, 3.05) is 45.8 Å². The summed E-state index contributed by atoms with van der Waals surface area (Å²) in [5, 5.41) is 5.84. The fourth-order valence-corrected chi connectivity index (χ4v) is 1.53. The van der Waals surface area contributed by atoms with E-state index in [2.05, 4.69) is 15.6 Å². The van der Waals surface area contributed by atoms with Crippen LogP contribution in [0, 0.1) is 0 Å². The van der Waals surface area contributed by atoms with Crippen molar-refractivity contribution >= 4 is 11.7 Å². The molecule has 1 heterocycles. The lowest BCUT2D eigenvalue weighted by molar-refractivity contribution is -0.119. The van der Waals surface area contributed by atoms with Crippen molar-refractivity contribution < 1.29 is 9.53 Å². The van der Waals surface area contributed by atoms with Crippen molar-refractivity contribution in [1.29, 1.82) is 0 Å². The van der Waals surface area contributed by atoms with Crippen LogP contribution in [0.1, 0.15) is 5.56 Å². The zero-order valence-corrected chi connectivity index (χ0v) is 11.8. The van der Waals surface area contributed by atoms with E-state index in [1.807, 2.05) is 25.4 Å². The average Bonchev–Trinajstić information content (AvgIpc) is 2.44. The fourth-order valence-electron chi connectivity index (χ4n) is 1.53. The minimum absolute atomic E-state index is 0.0328. The lowest BCUT2D eigenvalue weighted by Gasteiger charge is -2.17. The third-order valence-electron chi connectivity index (χ3n) is 2.67. The van der Waals surface area contributed by atoms with Crippen LogP contribution >= 0.6 is 0 Å². The molecule has 1 aromatic heterocycles. The third-order valence-corrected chi connectivity index (χ3v) is 2.67. The van der Waals surface area contributed by atoms with Gasteiger partial charge in [-0.15, -0.1) is 0 Å². The molecule has 0 atom stereocenters. The van der Waals surface area contributed by atoms with Crippen LogP contribution in [0.2, 0.25) is 0 Å². The second-order valence-corrected chi connectivity index (χ2v) is 4.22. The lowest BCUT2D eigenvalue weighted by Crippen LogP contribution is -2.33. The van der Waals surface area contributed by atoms with E-state index in [0.717, 1.165) is 24.5 Å². The van der Waals surface area contributed by atoms with Gasteiger partial charge in [-0.1, -0.05) is 6.07 Å². The van der Waals surface area contributed by atoms with E-state index in [0.29, 0.717) is 13.2 Å². The Labute approximate surface area is 114 Å². The van der Waals surface area contributed by atoms with Crippen molar-refractivity contribution in [3.63, 3.8) is 0 Å². The summed E-state index contributed by atoms with van der Waals surface area (Å²) in [7, 11) is 5.15. The second-order valence-electron chi connectivity index (χ2n) is 4.22. The Kier molecular flexibility index (Phi) is 6.84. The minimum atomic E-state index is -0.0328. The highest BCUT2D eigenvalue weighted by Crippen LogP contribution is 2.09. The molecule has 0 radical (unpaired) electrons. The maximum absolute atomic E-state index is 11.3. The molecule has 0 saturated heterocycles. The first-order chi connectivity index (χ1) is 9.17. The third kappa shape index (κ3) is 5.67. The molecule has 0 unspecified atom stereocenters. The number of likely N-dealkylation sites (N-methyl/N-ethyl adjacent to an activating group) is 2. The zero-order valence-electron chi connectivity index (χ0n) is 11.8. The first-order valence-electron chi connectivity index (χ1n) is 6.23. The number of pyridine rings is 1. The van der Waals surface area contributed by atoms with E-state index in [9.17, 15) is 4.79 Å². The SMILES string of the molecule is CNC(=O)CN(C)c1ccc(CNCCOC)cn1. The van der Waals surface area contributed by atoms with Gasteiger partial charge in [0.2, 0.25) is 5.91 Å². The van der Waals surface area contributed by atoms with Crippen LogP contribution in [0.4, 0.5) is 5.82 Å². The molecule has 1 aromatic rings. The van der Waals surface area contributed by atoms with Crippen LogP contribution in [-0.2, 0) is 16.1 Å². The molecule has 0 aliphatic carbocycles. The monoisotopic (exact) mass is 266 g/mol. The van der Waals surface area contributed by atoms with Gasteiger partial charge < -0.3 is 20.3 Å². The van der Waals surface area contributed by atoms with Crippen LogP contribution in [0.5, 0.6) is 0 Å². The number of methoxy groups -OCH3 is 1. The molecule has 0 aromatic carbocycles. The Morgan fingerprint density at radius 3 is 2.84 bits per heavy atom. The summed E-state index contributed by atoms with van der Waals surface area (Å²) in [5.74, 6) is 0.749. The predicted molar refractivity (Wildman–Crippen MR) is 75.2 cm³/mol. The van der Waals surface area contributed by atoms with E-state index >= 15 is 0 Å². The van der Waals surface area contributed by atoms with Gasteiger partial charge in [-0.2, -0.15) is 0 Å². The summed E-state index contributed by atoms with van der Waals surface area (Å²) in [5.41, 5.74) is 1.10. The number of anilines is 1. The van der Waals surface area contributed by atoms with Crippen molar-refractivity contribution in [2.24, 2.45) is 0 Å². The zero-order chi connectivity index (χ0) is 14.1. The van der Waals surface area contributed by atoms with Crippen molar-refractivity contribution in [3.05, 3.63) is 23.9 Å². The summed E-state index contributed by atoms with van der Waals surface area (Å²) in [6.07, 6.45) is 1.81. The quantitative estimate of drug-likeness (QED) is 0.648. The predicted octanol–water partition coefficient (Wildman–Crippen LogP) is -0.000200. The van der Waals surface area contributed by atoms with Gasteiger partial charge in [-0.05, 0) is 11.6 Å². The molecule has 2 N–H and O–H groups in total. The maximum Gasteiger partial charge on any atom is 0.239 e. The molecule has 6 heteroatoms. The molecular weight excluding hydrogens is 244 g/mol. The summed E-state index contributed by atoms with van der Waals surface area (Å²) in [4.78, 5) is 17.4. The topological polar surface area (TPSA) is 66.5 Å². The van der Waals surface area contributed by atoms with Gasteiger partial charge in [0.1, 0.15) is 5.82 Å². The molecule has 0 fully saturated rings. The van der Waals surface area contributed by atoms with E-state index in [4.69, 9.17) is 4.74 Å². The number of carbonyl (C=O) groups is 1. The Bertz CT molecular complexity index is 381. The molecular formula is C13H22N4O2. The maximum atomic E-state index is 11.3. The Hall–Kier alpha value is -1.66. The first-order valence-corrected chi connectivity index (χ1v) is 6.23. The number of aromatic nitrogens is 1. The van der Waals surface area contributed by atoms with Crippen molar-refractivity contribution in [3.8, 4) is 0 Å². The molecule has 0 saturated carbocycles. The van der Waals surface area contributed by atoms with E-state index in [1.165, 1.54) is 0 Å². The van der Waals surface area contributed by atoms with Gasteiger partial charge >= 0.3 is 0 Å². The minimum Gasteiger partial charge on any atom is -0.383 e. The van der Waals surface area contributed by atoms with Crippen LogP contribution in [0.3, 0.4) is 0 Å². The number of nitrogens with one attached hydrogen (secondary N) is 2. The van der Waals surface area contributed by atoms with E-state index in [1.54, 1.807) is 19.1 Å². The number of carbonyl (C=O) groups excluding carboxylic acids is 1. The van der Waals surface area contributed by atoms with Gasteiger partial charge in [0, 0.05) is 40.5 Å². The molecule has 19 heavy (non-hydrogen) atoms. The molecule has 106 valence electrons. The normalized spacial score (nSPS) is 10.3. The first kappa shape index (κ1) is 15.4. The second kappa shape index (κ2) is 8.44. The molecule has 1 amide bonds. The number of nitrogens with zero attached hydrogens (tertiary/aromatic N) is 2. The van der Waals surface area contributed by atoms with Gasteiger partial charge in [0.05, 0.1) is 13.2 Å². The van der Waals surface area contributed by atoms with Crippen molar-refractivity contribution in [1.82, 2.24) is 15.6 Å². The highest BCUT2D eigenvalue weighted by molar-refractivity contribution is 5.80. The summed E-state index contributed by atoms with van der Waals surface area (Å²) in [6, 6.07) is 3.92. The van der Waals surface area contributed by atoms with Crippen LogP contribution < -0.4 is 15.5 Å². The van der Waals surface area contributed by atoms with Gasteiger partial charge in [-0.25, -0.2) is 4.98 Å². The highest BCUT2D eigenvalue weighted by Gasteiger charge is 2.06. The van der Waals surface area contributed by atoms with E-state index < -0.39 is 0 Å². The average molecular weight is 266 g/mol. The number of amides is 1. The molecule has 1 rings (SSSR count). The van der Waals surface area contributed by atoms with Gasteiger partial charge in [0.15, 0.2) is 0 Å². The number of rotatable bonds is 8. The Morgan fingerprint density at radius 1 is 1.47 bits per heavy atom. The number of hydrogen-bond donors (Lipinski definition) is 2. The van der Waals surface area contributed by atoms with E-state index in [-0.39, 0.29) is 5.91 Å². The van der Waals surface area contributed by atoms with Gasteiger partial charge in [-0.3, -0.25) is 4.79 Å². The molecule has 6 nitrogen and oxygen atoms in total. The highest BCUT2D eigenvalue weighted by atomic mass is 16.5. The standard InChI is InChI=1S/C13H22N4O2/c1-14-13(18)10-17(2)12-5-4-11(9-16-12)8-15-6-7-19-3/h4-5,9,15H,6-8,10H2,1-3H3,(H,14,18). The number of ether oxygens (including phenoxy) is 1. The lowest BCUT2D eigenvalue weighted by atomic mass is 10.2. The summed E-state index contributed by atoms with van der Waals surface area (Å²) < 4.78 is 4.96. The molecule has 0 bridgehead atoms. The molecule has 0 aliphatic rings. The van der Waals surface area contributed by atoms with Crippen molar-refractivity contribution in [2.45, 2.75) is 6.54 Å². The number of hydrogen-bond acceptors (Lipinski definition) is 5.